The van der Waals surface area contributed by atoms with Crippen LogP contribution in [0.3, 0.4) is 0 Å². The summed E-state index contributed by atoms with van der Waals surface area (Å²) in [5, 5.41) is 0. The van der Waals surface area contributed by atoms with Crippen LogP contribution in [0, 0.1) is 0 Å². The van der Waals surface area contributed by atoms with Gasteiger partial charge < -0.3 is 4.74 Å². The molecule has 0 radical (unpaired) electrons. The monoisotopic (exact) mass is 344 g/mol. The van der Waals surface area contributed by atoms with Crippen molar-refractivity contribution < 1.29 is 4.74 Å². The molecule has 0 aliphatic rings. The minimum Gasteiger partial charge on any atom is -0.496 e. The Bertz CT molecular complexity index is 795. The lowest BCUT2D eigenvalue weighted by molar-refractivity contribution is 0.402. The third-order valence-electron chi connectivity index (χ3n) is 5.02. The molecular formula is C25H28O. The van der Waals surface area contributed by atoms with Crippen molar-refractivity contribution in [1.82, 2.24) is 0 Å². The van der Waals surface area contributed by atoms with Crippen LogP contribution in [0.4, 0.5) is 0 Å². The number of hydrogen-bond donors (Lipinski definition) is 0. The number of benzene rings is 3. The highest BCUT2D eigenvalue weighted by atomic mass is 16.5. The lowest BCUT2D eigenvalue weighted by Gasteiger charge is -2.23. The zero-order valence-electron chi connectivity index (χ0n) is 16.2. The summed E-state index contributed by atoms with van der Waals surface area (Å²) in [6, 6.07) is 26.2. The maximum absolute atomic E-state index is 5.77. The fourth-order valence-corrected chi connectivity index (χ4v) is 3.71. The van der Waals surface area contributed by atoms with Crippen molar-refractivity contribution in [3.63, 3.8) is 0 Å². The van der Waals surface area contributed by atoms with Gasteiger partial charge in [0.05, 0.1) is 7.11 Å². The van der Waals surface area contributed by atoms with Crippen LogP contribution < -0.4 is 4.74 Å². The molecule has 0 amide bonds. The summed E-state index contributed by atoms with van der Waals surface area (Å²) in [7, 11) is 1.78. The predicted molar refractivity (Wildman–Crippen MR) is 110 cm³/mol. The summed E-state index contributed by atoms with van der Waals surface area (Å²) < 4.78 is 5.77. The summed E-state index contributed by atoms with van der Waals surface area (Å²) in [6.07, 6.45) is 0.965. The Hall–Kier alpha value is -2.54. The molecular weight excluding hydrogens is 316 g/mol. The van der Waals surface area contributed by atoms with E-state index in [1.807, 2.05) is 0 Å². The molecule has 1 heteroatoms. The molecule has 3 aromatic carbocycles. The van der Waals surface area contributed by atoms with Crippen molar-refractivity contribution >= 4 is 0 Å². The number of ether oxygens (including phenoxy) is 1. The quantitative estimate of drug-likeness (QED) is 0.460. The van der Waals surface area contributed by atoms with Crippen LogP contribution in [-0.2, 0) is 6.42 Å². The average Bonchev–Trinajstić information content (AvgIpc) is 2.69. The lowest BCUT2D eigenvalue weighted by Crippen LogP contribution is -2.07. The lowest BCUT2D eigenvalue weighted by atomic mass is 9.82. The Kier molecular flexibility index (Phi) is 5.78. The van der Waals surface area contributed by atoms with Crippen molar-refractivity contribution in [3.05, 3.63) is 101 Å². The first-order valence-corrected chi connectivity index (χ1v) is 9.46. The van der Waals surface area contributed by atoms with Gasteiger partial charge in [0.15, 0.2) is 0 Å². The van der Waals surface area contributed by atoms with E-state index in [0.717, 1.165) is 12.2 Å². The second kappa shape index (κ2) is 8.23. The van der Waals surface area contributed by atoms with Crippen LogP contribution >= 0.6 is 0 Å². The minimum atomic E-state index is 0.228. The van der Waals surface area contributed by atoms with Crippen LogP contribution in [0.1, 0.15) is 60.4 Å². The van der Waals surface area contributed by atoms with Gasteiger partial charge in [-0.2, -0.15) is 0 Å². The van der Waals surface area contributed by atoms with Gasteiger partial charge in [0.25, 0.3) is 0 Å². The molecule has 0 aliphatic carbocycles. The SMILES string of the molecule is CCc1cc(C(c2ccccc2)c2ccccc2)cc(C(C)C)c1OC. The van der Waals surface area contributed by atoms with E-state index in [-0.39, 0.29) is 5.92 Å². The second-order valence-corrected chi connectivity index (χ2v) is 7.07. The Labute approximate surface area is 157 Å². The molecule has 0 bridgehead atoms. The highest BCUT2D eigenvalue weighted by molar-refractivity contribution is 5.52. The molecule has 3 aromatic rings. The van der Waals surface area contributed by atoms with Gasteiger partial charge >= 0.3 is 0 Å². The van der Waals surface area contributed by atoms with Gasteiger partial charge in [-0.3, -0.25) is 0 Å². The van der Waals surface area contributed by atoms with Gasteiger partial charge in [-0.15, -0.1) is 0 Å². The van der Waals surface area contributed by atoms with E-state index in [4.69, 9.17) is 4.74 Å². The smallest absolute Gasteiger partial charge is 0.125 e. The Morgan fingerprint density at radius 2 is 1.31 bits per heavy atom. The molecule has 1 nitrogen and oxygen atoms in total. The van der Waals surface area contributed by atoms with Crippen molar-refractivity contribution in [2.75, 3.05) is 7.11 Å². The van der Waals surface area contributed by atoms with E-state index in [1.54, 1.807) is 7.11 Å². The van der Waals surface area contributed by atoms with Gasteiger partial charge in [0.1, 0.15) is 5.75 Å². The normalized spacial score (nSPS) is 11.2. The molecule has 26 heavy (non-hydrogen) atoms. The van der Waals surface area contributed by atoms with E-state index in [2.05, 4.69) is 93.6 Å². The van der Waals surface area contributed by atoms with Crippen molar-refractivity contribution in [2.45, 2.75) is 39.0 Å². The largest absolute Gasteiger partial charge is 0.496 e. The summed E-state index contributed by atoms with van der Waals surface area (Å²) in [6.45, 7) is 6.67. The molecule has 0 aliphatic heterocycles. The summed E-state index contributed by atoms with van der Waals surface area (Å²) in [4.78, 5) is 0. The topological polar surface area (TPSA) is 9.23 Å². The first kappa shape index (κ1) is 18.3. The van der Waals surface area contributed by atoms with Crippen molar-refractivity contribution in [1.29, 1.82) is 0 Å². The molecule has 0 unspecified atom stereocenters. The zero-order valence-corrected chi connectivity index (χ0v) is 16.2. The molecule has 3 rings (SSSR count). The highest BCUT2D eigenvalue weighted by Crippen LogP contribution is 2.38. The summed E-state index contributed by atoms with van der Waals surface area (Å²) >= 11 is 0. The summed E-state index contributed by atoms with van der Waals surface area (Å²) in [5.41, 5.74) is 6.55. The summed E-state index contributed by atoms with van der Waals surface area (Å²) in [5.74, 6) is 1.69. The van der Waals surface area contributed by atoms with Crippen LogP contribution in [0.15, 0.2) is 72.8 Å². The first-order chi connectivity index (χ1) is 12.7. The zero-order chi connectivity index (χ0) is 18.5. The fourth-order valence-electron chi connectivity index (χ4n) is 3.71. The molecule has 134 valence electrons. The van der Waals surface area contributed by atoms with E-state index in [0.29, 0.717) is 5.92 Å². The maximum atomic E-state index is 5.77. The van der Waals surface area contributed by atoms with Crippen LogP contribution in [0.5, 0.6) is 5.75 Å². The molecule has 0 heterocycles. The van der Waals surface area contributed by atoms with E-state index in [9.17, 15) is 0 Å². The van der Waals surface area contributed by atoms with Crippen LogP contribution in [0.2, 0.25) is 0 Å². The number of rotatable bonds is 6. The van der Waals surface area contributed by atoms with Gasteiger partial charge in [0, 0.05) is 5.92 Å². The fraction of sp³-hybridized carbons (Fsp3) is 0.280. The molecule has 0 atom stereocenters. The van der Waals surface area contributed by atoms with Crippen LogP contribution in [0.25, 0.3) is 0 Å². The van der Waals surface area contributed by atoms with E-state index >= 15 is 0 Å². The Morgan fingerprint density at radius 1 is 0.769 bits per heavy atom. The van der Waals surface area contributed by atoms with Crippen molar-refractivity contribution in [3.8, 4) is 5.75 Å². The Balaban J connectivity index is 2.23. The molecule has 0 aromatic heterocycles. The molecule has 0 N–H and O–H groups in total. The van der Waals surface area contributed by atoms with Gasteiger partial charge in [0.2, 0.25) is 0 Å². The predicted octanol–water partition coefficient (Wildman–Crippen LogP) is 6.56. The first-order valence-electron chi connectivity index (χ1n) is 9.46. The molecule has 0 saturated heterocycles. The van der Waals surface area contributed by atoms with Gasteiger partial charge in [-0.05, 0) is 40.2 Å². The minimum absolute atomic E-state index is 0.228. The molecule has 0 saturated carbocycles. The number of hydrogen-bond acceptors (Lipinski definition) is 1. The second-order valence-electron chi connectivity index (χ2n) is 7.07. The number of aryl methyl sites for hydroxylation is 1. The molecule has 0 spiro atoms. The van der Waals surface area contributed by atoms with Gasteiger partial charge in [-0.1, -0.05) is 93.6 Å². The molecule has 0 fully saturated rings. The van der Waals surface area contributed by atoms with Gasteiger partial charge in [-0.25, -0.2) is 0 Å². The van der Waals surface area contributed by atoms with Crippen LogP contribution in [-0.4, -0.2) is 7.11 Å². The van der Waals surface area contributed by atoms with E-state index in [1.165, 1.54) is 27.8 Å². The van der Waals surface area contributed by atoms with Crippen molar-refractivity contribution in [2.24, 2.45) is 0 Å². The highest BCUT2D eigenvalue weighted by Gasteiger charge is 2.21. The standard InChI is InChI=1S/C25H28O/c1-5-19-16-22(17-23(18(2)3)25(19)26-4)24(20-12-8-6-9-13-20)21-14-10-7-11-15-21/h6-18,24H,5H2,1-4H3. The van der Waals surface area contributed by atoms with E-state index < -0.39 is 0 Å². The number of methoxy groups -OCH3 is 1. The maximum Gasteiger partial charge on any atom is 0.125 e. The average molecular weight is 344 g/mol. The third-order valence-corrected chi connectivity index (χ3v) is 5.02. The Morgan fingerprint density at radius 3 is 1.73 bits per heavy atom. The third kappa shape index (κ3) is 3.67.